The van der Waals surface area contributed by atoms with Gasteiger partial charge in [-0.05, 0) is 43.7 Å². The number of benzene rings is 1. The van der Waals surface area contributed by atoms with Crippen molar-refractivity contribution in [3.05, 3.63) is 29.8 Å². The minimum absolute atomic E-state index is 0.0458. The summed E-state index contributed by atoms with van der Waals surface area (Å²) in [7, 11) is 1.62. The maximum Gasteiger partial charge on any atom is 0.327 e. The lowest BCUT2D eigenvalue weighted by Crippen LogP contribution is -2.13. The van der Waals surface area contributed by atoms with Crippen molar-refractivity contribution in [2.24, 2.45) is 4.99 Å². The van der Waals surface area contributed by atoms with Gasteiger partial charge >= 0.3 is 5.97 Å². The van der Waals surface area contributed by atoms with E-state index in [1.165, 1.54) is 0 Å². The zero-order valence-electron chi connectivity index (χ0n) is 10.3. The van der Waals surface area contributed by atoms with E-state index in [0.29, 0.717) is 0 Å². The van der Waals surface area contributed by atoms with Crippen LogP contribution in [0.25, 0.3) is 0 Å². The minimum atomic E-state index is -0.315. The Labute approximate surface area is 101 Å². The van der Waals surface area contributed by atoms with E-state index in [4.69, 9.17) is 9.47 Å². The first-order valence-corrected chi connectivity index (χ1v) is 5.45. The molecule has 92 valence electrons. The highest BCUT2D eigenvalue weighted by Crippen LogP contribution is 2.09. The van der Waals surface area contributed by atoms with Crippen molar-refractivity contribution in [1.82, 2.24) is 0 Å². The summed E-state index contributed by atoms with van der Waals surface area (Å²) in [4.78, 5) is 15.2. The number of carbonyl (C=O) groups is 1. The summed E-state index contributed by atoms with van der Waals surface area (Å²) >= 11 is 0. The van der Waals surface area contributed by atoms with E-state index < -0.39 is 0 Å². The Hall–Kier alpha value is -1.84. The van der Waals surface area contributed by atoms with E-state index in [-0.39, 0.29) is 18.6 Å². The van der Waals surface area contributed by atoms with Crippen molar-refractivity contribution in [2.75, 3.05) is 13.7 Å². The molecule has 0 aliphatic heterocycles. The van der Waals surface area contributed by atoms with Crippen LogP contribution in [0.3, 0.4) is 0 Å². The third kappa shape index (κ3) is 5.15. The molecule has 0 aliphatic carbocycles. The van der Waals surface area contributed by atoms with Crippen LogP contribution < -0.4 is 4.74 Å². The second-order valence-electron chi connectivity index (χ2n) is 3.78. The van der Waals surface area contributed by atoms with Gasteiger partial charge in [-0.1, -0.05) is 0 Å². The molecule has 1 aromatic rings. The van der Waals surface area contributed by atoms with Gasteiger partial charge in [-0.15, -0.1) is 0 Å². The molecule has 0 atom stereocenters. The lowest BCUT2D eigenvalue weighted by atomic mass is 10.2. The van der Waals surface area contributed by atoms with Crippen LogP contribution >= 0.6 is 0 Å². The number of hydrogen-bond donors (Lipinski definition) is 0. The van der Waals surface area contributed by atoms with E-state index in [1.807, 2.05) is 38.1 Å². The molecule has 0 saturated carbocycles. The number of nitrogens with zero attached hydrogens (tertiary/aromatic N) is 1. The molecule has 0 bridgehead atoms. The van der Waals surface area contributed by atoms with Gasteiger partial charge in [-0.3, -0.25) is 9.79 Å². The van der Waals surface area contributed by atoms with E-state index >= 15 is 0 Å². The van der Waals surface area contributed by atoms with Gasteiger partial charge in [0, 0.05) is 6.21 Å². The third-order valence-electron chi connectivity index (χ3n) is 1.94. The van der Waals surface area contributed by atoms with E-state index in [2.05, 4.69) is 4.99 Å². The number of rotatable bonds is 5. The fraction of sp³-hybridized carbons (Fsp3) is 0.385. The fourth-order valence-corrected chi connectivity index (χ4v) is 1.22. The number of aliphatic imine (C=N–C) groups is 1. The molecule has 0 aromatic heterocycles. The summed E-state index contributed by atoms with van der Waals surface area (Å²) in [6.07, 6.45) is 1.54. The maximum atomic E-state index is 11.2. The number of esters is 1. The highest BCUT2D eigenvalue weighted by molar-refractivity contribution is 5.82. The number of ether oxygens (including phenoxy) is 2. The van der Waals surface area contributed by atoms with E-state index in [0.717, 1.165) is 11.3 Å². The molecule has 4 nitrogen and oxygen atoms in total. The largest absolute Gasteiger partial charge is 0.497 e. The first-order chi connectivity index (χ1) is 8.11. The quantitative estimate of drug-likeness (QED) is 0.579. The summed E-state index contributed by atoms with van der Waals surface area (Å²) in [6, 6.07) is 7.42. The molecule has 0 fully saturated rings. The predicted octanol–water partition coefficient (Wildman–Crippen LogP) is 2.07. The fourth-order valence-electron chi connectivity index (χ4n) is 1.22. The van der Waals surface area contributed by atoms with Crippen LogP contribution in [0.2, 0.25) is 0 Å². The van der Waals surface area contributed by atoms with E-state index in [9.17, 15) is 4.79 Å². The molecule has 0 radical (unpaired) electrons. The molecule has 1 aromatic carbocycles. The van der Waals surface area contributed by atoms with Crippen molar-refractivity contribution in [1.29, 1.82) is 0 Å². The average molecular weight is 235 g/mol. The molecule has 17 heavy (non-hydrogen) atoms. The molecule has 0 saturated heterocycles. The molecule has 0 unspecified atom stereocenters. The van der Waals surface area contributed by atoms with Gasteiger partial charge < -0.3 is 9.47 Å². The maximum absolute atomic E-state index is 11.2. The molecular weight excluding hydrogens is 218 g/mol. The molecule has 0 aliphatic rings. The van der Waals surface area contributed by atoms with Crippen LogP contribution in [0.4, 0.5) is 0 Å². The Morgan fingerprint density at radius 3 is 2.53 bits per heavy atom. The van der Waals surface area contributed by atoms with Crippen molar-refractivity contribution < 1.29 is 14.3 Å². The summed E-state index contributed by atoms with van der Waals surface area (Å²) in [6.45, 7) is 3.67. The zero-order valence-corrected chi connectivity index (χ0v) is 10.3. The van der Waals surface area contributed by atoms with Crippen molar-refractivity contribution in [3.63, 3.8) is 0 Å². The molecule has 0 amide bonds. The molecule has 0 spiro atoms. The topological polar surface area (TPSA) is 47.9 Å². The molecular formula is C13H17NO3. The van der Waals surface area contributed by atoms with Crippen LogP contribution in [0.15, 0.2) is 29.3 Å². The lowest BCUT2D eigenvalue weighted by molar-refractivity contribution is -0.145. The van der Waals surface area contributed by atoms with Gasteiger partial charge in [0.05, 0.1) is 13.2 Å². The van der Waals surface area contributed by atoms with Crippen LogP contribution in [-0.4, -0.2) is 31.9 Å². The van der Waals surface area contributed by atoms with Crippen molar-refractivity contribution >= 4 is 12.2 Å². The highest BCUT2D eigenvalue weighted by Gasteiger charge is 2.02. The Morgan fingerprint density at radius 2 is 2.00 bits per heavy atom. The summed E-state index contributed by atoms with van der Waals surface area (Å²) < 4.78 is 9.99. The van der Waals surface area contributed by atoms with Crippen molar-refractivity contribution in [2.45, 2.75) is 20.0 Å². The zero-order chi connectivity index (χ0) is 12.7. The van der Waals surface area contributed by atoms with E-state index in [1.54, 1.807) is 13.3 Å². The first kappa shape index (κ1) is 13.2. The Bertz CT molecular complexity index is 382. The first-order valence-electron chi connectivity index (χ1n) is 5.45. The number of carbonyl (C=O) groups excluding carboxylic acids is 1. The Kier molecular flexibility index (Phi) is 5.20. The standard InChI is InChI=1S/C13H17NO3/c1-10(2)17-13(15)9-14-8-11-4-6-12(16-3)7-5-11/h4-8,10H,9H2,1-3H3. The highest BCUT2D eigenvalue weighted by atomic mass is 16.5. The minimum Gasteiger partial charge on any atom is -0.497 e. The van der Waals surface area contributed by atoms with Gasteiger partial charge in [0.25, 0.3) is 0 Å². The third-order valence-corrected chi connectivity index (χ3v) is 1.94. The van der Waals surface area contributed by atoms with Crippen LogP contribution in [0, 0.1) is 0 Å². The lowest BCUT2D eigenvalue weighted by Gasteiger charge is -2.05. The molecule has 0 heterocycles. The summed E-state index contributed by atoms with van der Waals surface area (Å²) in [5, 5.41) is 0. The average Bonchev–Trinajstić information content (AvgIpc) is 2.29. The molecule has 0 N–H and O–H groups in total. The smallest absolute Gasteiger partial charge is 0.327 e. The monoisotopic (exact) mass is 235 g/mol. The second-order valence-corrected chi connectivity index (χ2v) is 3.78. The summed E-state index contributed by atoms with van der Waals surface area (Å²) in [5.41, 5.74) is 0.920. The van der Waals surface area contributed by atoms with Gasteiger partial charge in [0.15, 0.2) is 0 Å². The van der Waals surface area contributed by atoms with Crippen LogP contribution in [0.1, 0.15) is 19.4 Å². The van der Waals surface area contributed by atoms with Crippen LogP contribution in [0.5, 0.6) is 5.75 Å². The number of hydrogen-bond acceptors (Lipinski definition) is 4. The van der Waals surface area contributed by atoms with Gasteiger partial charge in [-0.25, -0.2) is 0 Å². The predicted molar refractivity (Wildman–Crippen MR) is 66.7 cm³/mol. The van der Waals surface area contributed by atoms with Gasteiger partial charge in [-0.2, -0.15) is 0 Å². The molecule has 4 heteroatoms. The molecule has 1 rings (SSSR count). The number of methoxy groups -OCH3 is 1. The Balaban J connectivity index is 2.45. The SMILES string of the molecule is COc1ccc(C=NCC(=O)OC(C)C)cc1. The Morgan fingerprint density at radius 1 is 1.35 bits per heavy atom. The van der Waals surface area contributed by atoms with Crippen LogP contribution in [-0.2, 0) is 9.53 Å². The van der Waals surface area contributed by atoms with Gasteiger partial charge in [0.2, 0.25) is 0 Å². The van der Waals surface area contributed by atoms with Gasteiger partial charge in [0.1, 0.15) is 12.3 Å². The summed E-state index contributed by atoms with van der Waals surface area (Å²) in [5.74, 6) is 0.478. The van der Waals surface area contributed by atoms with Crippen molar-refractivity contribution in [3.8, 4) is 5.75 Å². The second kappa shape index (κ2) is 6.68. The normalized spacial score (nSPS) is 10.8.